The minimum atomic E-state index is -1.84. The third-order valence-electron chi connectivity index (χ3n) is 2.59. The average Bonchev–Trinajstić information content (AvgIpc) is 2.24. The van der Waals surface area contributed by atoms with Gasteiger partial charge in [0, 0.05) is 6.42 Å². The Kier molecular flexibility index (Phi) is 6.17. The van der Waals surface area contributed by atoms with E-state index in [0.717, 1.165) is 0 Å². The molecule has 0 saturated heterocycles. The fraction of sp³-hybridized carbons (Fsp3) is 0.692. The summed E-state index contributed by atoms with van der Waals surface area (Å²) in [5.41, 5.74) is -2.66. The number of hydrogen-bond donors (Lipinski definition) is 3. The van der Waals surface area contributed by atoms with Gasteiger partial charge in [-0.05, 0) is 34.1 Å². The Morgan fingerprint density at radius 2 is 1.76 bits per heavy atom. The monoisotopic (exact) mass is 300 g/mol. The van der Waals surface area contributed by atoms with Gasteiger partial charge in [0.05, 0.1) is 12.0 Å². The van der Waals surface area contributed by atoms with Crippen LogP contribution in [0.5, 0.6) is 0 Å². The highest BCUT2D eigenvalue weighted by Gasteiger charge is 2.40. The molecule has 0 radical (unpaired) electrons. The summed E-state index contributed by atoms with van der Waals surface area (Å²) in [4.78, 5) is 34.0. The molecule has 0 spiro atoms. The number of carboxylic acids is 2. The molecule has 3 N–H and O–H groups in total. The zero-order chi connectivity index (χ0) is 16.8. The molecule has 8 heteroatoms. The van der Waals surface area contributed by atoms with Gasteiger partial charge in [0.2, 0.25) is 0 Å². The van der Waals surface area contributed by atoms with E-state index in [2.05, 4.69) is 5.32 Å². The maximum Gasteiger partial charge on any atom is 0.408 e. The van der Waals surface area contributed by atoms with Gasteiger partial charge in [0.15, 0.2) is 0 Å². The van der Waals surface area contributed by atoms with E-state index >= 15 is 0 Å². The van der Waals surface area contributed by atoms with Crippen molar-refractivity contribution in [2.45, 2.75) is 51.7 Å². The molecular formula is C13H20N2O6. The summed E-state index contributed by atoms with van der Waals surface area (Å²) in [5.74, 6) is -3.90. The molecule has 0 aliphatic heterocycles. The second-order valence-electron chi connectivity index (χ2n) is 5.87. The molecule has 0 aromatic heterocycles. The number of ether oxygens (including phenoxy) is 1. The van der Waals surface area contributed by atoms with Gasteiger partial charge in [-0.2, -0.15) is 5.26 Å². The highest BCUT2D eigenvalue weighted by Crippen LogP contribution is 2.21. The van der Waals surface area contributed by atoms with Crippen molar-refractivity contribution in [1.82, 2.24) is 5.32 Å². The molecule has 0 bridgehead atoms. The summed E-state index contributed by atoms with van der Waals surface area (Å²) < 4.78 is 4.96. The lowest BCUT2D eigenvalue weighted by molar-refractivity contribution is -0.147. The first-order valence-electron chi connectivity index (χ1n) is 6.25. The second-order valence-corrected chi connectivity index (χ2v) is 5.87. The Bertz CT molecular complexity index is 462. The number of carboxylic acid groups (broad SMARTS) is 2. The number of carbonyl (C=O) groups is 3. The molecule has 0 fully saturated rings. The molecule has 2 atom stereocenters. The summed E-state index contributed by atoms with van der Waals surface area (Å²) in [7, 11) is 0. The van der Waals surface area contributed by atoms with Crippen molar-refractivity contribution in [3.05, 3.63) is 0 Å². The van der Waals surface area contributed by atoms with Crippen LogP contribution >= 0.6 is 0 Å². The number of hydrogen-bond acceptors (Lipinski definition) is 5. The van der Waals surface area contributed by atoms with Crippen LogP contribution in [0.4, 0.5) is 4.79 Å². The molecule has 21 heavy (non-hydrogen) atoms. The van der Waals surface area contributed by atoms with E-state index < -0.39 is 41.5 Å². The van der Waals surface area contributed by atoms with Gasteiger partial charge in [0.1, 0.15) is 11.1 Å². The topological polar surface area (TPSA) is 137 Å². The highest BCUT2D eigenvalue weighted by atomic mass is 16.6. The summed E-state index contributed by atoms with van der Waals surface area (Å²) in [6, 6.07) is 1.68. The van der Waals surface area contributed by atoms with Gasteiger partial charge in [0.25, 0.3) is 0 Å². The summed E-state index contributed by atoms with van der Waals surface area (Å²) in [6.07, 6.45) is -1.74. The molecule has 0 saturated carbocycles. The number of rotatable bonds is 6. The van der Waals surface area contributed by atoms with E-state index in [1.54, 1.807) is 26.8 Å². The molecule has 118 valence electrons. The first-order chi connectivity index (χ1) is 9.41. The number of alkyl carbamates (subject to hydrolysis) is 1. The molecule has 0 aromatic carbocycles. The van der Waals surface area contributed by atoms with Crippen LogP contribution in [-0.2, 0) is 14.3 Å². The Labute approximate surface area is 122 Å². The maximum absolute atomic E-state index is 11.7. The van der Waals surface area contributed by atoms with Gasteiger partial charge >= 0.3 is 18.0 Å². The van der Waals surface area contributed by atoms with Gasteiger partial charge in [-0.15, -0.1) is 0 Å². The average molecular weight is 300 g/mol. The minimum Gasteiger partial charge on any atom is -0.481 e. The number of nitrogens with zero attached hydrogens (tertiary/aromatic N) is 1. The van der Waals surface area contributed by atoms with E-state index in [4.69, 9.17) is 15.1 Å². The van der Waals surface area contributed by atoms with E-state index in [1.807, 2.05) is 0 Å². The van der Waals surface area contributed by atoms with Crippen molar-refractivity contribution in [2.75, 3.05) is 0 Å². The van der Waals surface area contributed by atoms with E-state index in [-0.39, 0.29) is 6.42 Å². The fourth-order valence-corrected chi connectivity index (χ4v) is 1.57. The summed E-state index contributed by atoms with van der Waals surface area (Å²) >= 11 is 0. The van der Waals surface area contributed by atoms with E-state index in [1.165, 1.54) is 6.92 Å². The van der Waals surface area contributed by atoms with Gasteiger partial charge in [-0.1, -0.05) is 0 Å². The molecule has 2 unspecified atom stereocenters. The van der Waals surface area contributed by atoms with Gasteiger partial charge in [-0.25, -0.2) is 9.59 Å². The molecule has 0 aliphatic rings. The number of nitrogens with one attached hydrogen (secondary N) is 1. The van der Waals surface area contributed by atoms with Crippen LogP contribution in [0.1, 0.15) is 40.5 Å². The van der Waals surface area contributed by atoms with Crippen LogP contribution in [-0.4, -0.2) is 39.4 Å². The SMILES string of the molecule is CC(C)(C)OC(=O)NC(C)(CC(CC#N)C(=O)O)C(=O)O. The smallest absolute Gasteiger partial charge is 0.408 e. The molecule has 8 nitrogen and oxygen atoms in total. The third-order valence-corrected chi connectivity index (χ3v) is 2.59. The minimum absolute atomic E-state index is 0.353. The van der Waals surface area contributed by atoms with Crippen LogP contribution in [0.2, 0.25) is 0 Å². The molecule has 0 aromatic rings. The fourth-order valence-electron chi connectivity index (χ4n) is 1.57. The molecule has 0 aliphatic carbocycles. The van der Waals surface area contributed by atoms with Crippen molar-refractivity contribution in [2.24, 2.45) is 5.92 Å². The van der Waals surface area contributed by atoms with Crippen LogP contribution in [0.25, 0.3) is 0 Å². The normalized spacial score (nSPS) is 15.2. The number of aliphatic carboxylic acids is 2. The lowest BCUT2D eigenvalue weighted by Gasteiger charge is -2.30. The molecule has 0 heterocycles. The van der Waals surface area contributed by atoms with Gasteiger partial charge < -0.3 is 20.3 Å². The quantitative estimate of drug-likeness (QED) is 0.673. The largest absolute Gasteiger partial charge is 0.481 e. The Hall–Kier alpha value is -2.30. The number of nitriles is 1. The zero-order valence-corrected chi connectivity index (χ0v) is 12.5. The first-order valence-corrected chi connectivity index (χ1v) is 6.25. The van der Waals surface area contributed by atoms with Crippen molar-refractivity contribution >= 4 is 18.0 Å². The molecule has 1 amide bonds. The predicted octanol–water partition coefficient (Wildman–Crippen LogP) is 1.36. The Morgan fingerprint density at radius 3 is 2.10 bits per heavy atom. The zero-order valence-electron chi connectivity index (χ0n) is 12.5. The van der Waals surface area contributed by atoms with Gasteiger partial charge in [-0.3, -0.25) is 4.79 Å². The lowest BCUT2D eigenvalue weighted by Crippen LogP contribution is -2.54. The molecular weight excluding hydrogens is 280 g/mol. The second kappa shape index (κ2) is 6.92. The molecule has 0 rings (SSSR count). The first kappa shape index (κ1) is 18.7. The number of carbonyl (C=O) groups excluding carboxylic acids is 1. The van der Waals surface area contributed by atoms with Crippen LogP contribution in [0.3, 0.4) is 0 Å². The van der Waals surface area contributed by atoms with Crippen LogP contribution < -0.4 is 5.32 Å². The van der Waals surface area contributed by atoms with Crippen molar-refractivity contribution < 1.29 is 29.3 Å². The highest BCUT2D eigenvalue weighted by molar-refractivity contribution is 5.85. The lowest BCUT2D eigenvalue weighted by atomic mass is 9.87. The predicted molar refractivity (Wildman–Crippen MR) is 71.4 cm³/mol. The number of amides is 1. The van der Waals surface area contributed by atoms with Crippen LogP contribution in [0, 0.1) is 17.2 Å². The summed E-state index contributed by atoms with van der Waals surface area (Å²) in [6.45, 7) is 6.01. The van der Waals surface area contributed by atoms with E-state index in [9.17, 15) is 19.5 Å². The van der Waals surface area contributed by atoms with Crippen molar-refractivity contribution in [1.29, 1.82) is 5.26 Å². The standard InChI is InChI=1S/C13H20N2O6/c1-12(2,3)21-11(20)15-13(4,10(18)19)7-8(5-6-14)9(16)17/h8H,5,7H2,1-4H3,(H,15,20)(H,16,17)(H,18,19). The summed E-state index contributed by atoms with van der Waals surface area (Å²) in [5, 5.41) is 29.0. The maximum atomic E-state index is 11.7. The Balaban J connectivity index is 5.09. The van der Waals surface area contributed by atoms with Crippen LogP contribution in [0.15, 0.2) is 0 Å². The third kappa shape index (κ3) is 6.61. The Morgan fingerprint density at radius 1 is 1.24 bits per heavy atom. The van der Waals surface area contributed by atoms with Crippen molar-refractivity contribution in [3.8, 4) is 6.07 Å². The van der Waals surface area contributed by atoms with Crippen molar-refractivity contribution in [3.63, 3.8) is 0 Å². The van der Waals surface area contributed by atoms with E-state index in [0.29, 0.717) is 0 Å².